The second kappa shape index (κ2) is 7.66. The van der Waals surface area contributed by atoms with E-state index < -0.39 is 21.5 Å². The maximum Gasteiger partial charge on any atom is 0.223 e. The normalized spacial score (nSPS) is 11.6. The van der Waals surface area contributed by atoms with Crippen molar-refractivity contribution in [2.75, 3.05) is 7.11 Å². The molecule has 0 saturated heterocycles. The first-order valence-corrected chi connectivity index (χ1v) is 10.6. The van der Waals surface area contributed by atoms with Crippen LogP contribution < -0.4 is 4.74 Å². The van der Waals surface area contributed by atoms with E-state index in [9.17, 15) is 17.2 Å². The molecule has 4 rings (SSSR count). The summed E-state index contributed by atoms with van der Waals surface area (Å²) in [7, 11) is -2.60. The van der Waals surface area contributed by atoms with Gasteiger partial charge in [-0.25, -0.2) is 22.2 Å². The molecule has 0 aliphatic heterocycles. The fourth-order valence-corrected chi connectivity index (χ4v) is 4.60. The molecule has 0 amide bonds. The van der Waals surface area contributed by atoms with Gasteiger partial charge in [0, 0.05) is 5.39 Å². The highest BCUT2D eigenvalue weighted by atomic mass is 35.5. The summed E-state index contributed by atoms with van der Waals surface area (Å²) in [5.74, 6) is -0.646. The zero-order chi connectivity index (χ0) is 21.5. The van der Waals surface area contributed by atoms with Crippen molar-refractivity contribution in [2.45, 2.75) is 9.92 Å². The number of fused-ring (bicyclic) bond motifs is 1. The van der Waals surface area contributed by atoms with E-state index in [4.69, 9.17) is 16.3 Å². The van der Waals surface area contributed by atoms with Crippen LogP contribution in [-0.4, -0.2) is 20.5 Å². The van der Waals surface area contributed by atoms with Gasteiger partial charge in [0.1, 0.15) is 17.4 Å². The van der Waals surface area contributed by atoms with Crippen LogP contribution >= 0.6 is 11.6 Å². The Morgan fingerprint density at radius 2 is 1.77 bits per heavy atom. The molecule has 0 aliphatic carbocycles. The van der Waals surface area contributed by atoms with Gasteiger partial charge in [-0.3, -0.25) is 0 Å². The summed E-state index contributed by atoms with van der Waals surface area (Å²) >= 11 is 5.76. The van der Waals surface area contributed by atoms with Crippen molar-refractivity contribution in [1.82, 2.24) is 4.98 Å². The van der Waals surface area contributed by atoms with E-state index in [0.29, 0.717) is 27.8 Å². The van der Waals surface area contributed by atoms with Crippen molar-refractivity contribution < 1.29 is 21.9 Å². The first-order valence-electron chi connectivity index (χ1n) is 8.74. The molecular formula is C22H14ClF2NO3S. The molecule has 1 aromatic heterocycles. The molecule has 4 aromatic rings. The molecule has 0 spiro atoms. The predicted molar refractivity (Wildman–Crippen MR) is 111 cm³/mol. The van der Waals surface area contributed by atoms with E-state index in [-0.39, 0.29) is 14.9 Å². The Balaban J connectivity index is 2.00. The first kappa shape index (κ1) is 20.3. The summed E-state index contributed by atoms with van der Waals surface area (Å²) in [5.41, 5.74) is 1.38. The van der Waals surface area contributed by atoms with Crippen LogP contribution in [0.15, 0.2) is 76.7 Å². The number of halogens is 3. The molecule has 0 aliphatic rings. The average molecular weight is 446 g/mol. The lowest BCUT2D eigenvalue weighted by Gasteiger charge is -2.12. The standard InChI is InChI=1S/C22H14ClF2NO3S/c1-29-15-4-2-3-13(9-15)17-12-22(26-21-8-5-14(24)10-18(17)21)30(27,28)16-6-7-20(25)19(23)11-16/h2-12H,1H3. The molecule has 1 heterocycles. The smallest absolute Gasteiger partial charge is 0.223 e. The monoisotopic (exact) mass is 445 g/mol. The van der Waals surface area contributed by atoms with Gasteiger partial charge in [0.25, 0.3) is 0 Å². The second-order valence-corrected chi connectivity index (χ2v) is 8.78. The molecule has 4 nitrogen and oxygen atoms in total. The van der Waals surface area contributed by atoms with Crippen LogP contribution in [0.1, 0.15) is 0 Å². The van der Waals surface area contributed by atoms with Crippen molar-refractivity contribution in [3.05, 3.63) is 83.4 Å². The fourth-order valence-electron chi connectivity index (χ4n) is 3.11. The van der Waals surface area contributed by atoms with Crippen LogP contribution in [0, 0.1) is 11.6 Å². The Bertz CT molecular complexity index is 1390. The number of hydrogen-bond donors (Lipinski definition) is 0. The van der Waals surface area contributed by atoms with Crippen LogP contribution in [0.5, 0.6) is 5.75 Å². The van der Waals surface area contributed by atoms with Gasteiger partial charge in [0.05, 0.1) is 22.5 Å². The van der Waals surface area contributed by atoms with Gasteiger partial charge in [-0.1, -0.05) is 23.7 Å². The van der Waals surface area contributed by atoms with E-state index in [2.05, 4.69) is 4.98 Å². The van der Waals surface area contributed by atoms with Crippen LogP contribution in [0.25, 0.3) is 22.0 Å². The maximum atomic E-state index is 13.9. The van der Waals surface area contributed by atoms with Crippen molar-refractivity contribution in [3.8, 4) is 16.9 Å². The fraction of sp³-hybridized carbons (Fsp3) is 0.0455. The molecule has 8 heteroatoms. The third-order valence-corrected chi connectivity index (χ3v) is 6.53. The Kier molecular flexibility index (Phi) is 5.17. The lowest BCUT2D eigenvalue weighted by Crippen LogP contribution is -2.06. The van der Waals surface area contributed by atoms with E-state index in [1.165, 1.54) is 31.4 Å². The van der Waals surface area contributed by atoms with E-state index in [1.807, 2.05) is 0 Å². The summed E-state index contributed by atoms with van der Waals surface area (Å²) in [6.07, 6.45) is 0. The quantitative estimate of drug-likeness (QED) is 0.379. The summed E-state index contributed by atoms with van der Waals surface area (Å²) in [6.45, 7) is 0. The number of sulfone groups is 1. The molecule has 152 valence electrons. The highest BCUT2D eigenvalue weighted by Crippen LogP contribution is 2.34. The van der Waals surface area contributed by atoms with Gasteiger partial charge >= 0.3 is 0 Å². The minimum absolute atomic E-state index is 0.195. The zero-order valence-electron chi connectivity index (χ0n) is 15.6. The SMILES string of the molecule is COc1cccc(-c2cc(S(=O)(=O)c3ccc(F)c(Cl)c3)nc3ccc(F)cc23)c1. The first-order chi connectivity index (χ1) is 14.3. The minimum Gasteiger partial charge on any atom is -0.497 e. The topological polar surface area (TPSA) is 56.3 Å². The van der Waals surface area contributed by atoms with Crippen LogP contribution in [0.3, 0.4) is 0 Å². The number of hydrogen-bond acceptors (Lipinski definition) is 4. The van der Waals surface area contributed by atoms with Crippen LogP contribution in [-0.2, 0) is 9.84 Å². The van der Waals surface area contributed by atoms with Crippen molar-refractivity contribution in [3.63, 3.8) is 0 Å². The number of pyridine rings is 1. The third kappa shape index (κ3) is 3.62. The van der Waals surface area contributed by atoms with Gasteiger partial charge < -0.3 is 4.74 Å². The van der Waals surface area contributed by atoms with E-state index >= 15 is 0 Å². The molecule has 0 fully saturated rings. The minimum atomic E-state index is -4.11. The van der Waals surface area contributed by atoms with Gasteiger partial charge in [0.2, 0.25) is 9.84 Å². The molecule has 0 N–H and O–H groups in total. The molecule has 0 atom stereocenters. The molecule has 0 saturated carbocycles. The van der Waals surface area contributed by atoms with Crippen molar-refractivity contribution in [2.24, 2.45) is 0 Å². The lowest BCUT2D eigenvalue weighted by atomic mass is 10.0. The zero-order valence-corrected chi connectivity index (χ0v) is 17.1. The number of ether oxygens (including phenoxy) is 1. The Morgan fingerprint density at radius 1 is 0.967 bits per heavy atom. The lowest BCUT2D eigenvalue weighted by molar-refractivity contribution is 0.415. The van der Waals surface area contributed by atoms with Crippen LogP contribution in [0.2, 0.25) is 5.02 Å². The van der Waals surface area contributed by atoms with E-state index in [1.54, 1.807) is 24.3 Å². The average Bonchev–Trinajstić information content (AvgIpc) is 2.74. The highest BCUT2D eigenvalue weighted by Gasteiger charge is 2.23. The summed E-state index contributed by atoms with van der Waals surface area (Å²) in [6, 6.07) is 15.4. The number of nitrogens with zero attached hydrogens (tertiary/aromatic N) is 1. The number of methoxy groups -OCH3 is 1. The Morgan fingerprint density at radius 3 is 2.50 bits per heavy atom. The van der Waals surface area contributed by atoms with Crippen molar-refractivity contribution >= 4 is 32.3 Å². The second-order valence-electron chi connectivity index (χ2n) is 6.48. The van der Waals surface area contributed by atoms with Crippen molar-refractivity contribution in [1.29, 1.82) is 0 Å². The Labute approximate surface area is 176 Å². The van der Waals surface area contributed by atoms with Gasteiger partial charge in [-0.15, -0.1) is 0 Å². The van der Waals surface area contributed by atoms with Crippen LogP contribution in [0.4, 0.5) is 8.78 Å². The number of aromatic nitrogens is 1. The Hall–Kier alpha value is -3.03. The molecule has 0 bridgehead atoms. The van der Waals surface area contributed by atoms with Gasteiger partial charge in [-0.2, -0.15) is 0 Å². The largest absolute Gasteiger partial charge is 0.497 e. The molecule has 0 radical (unpaired) electrons. The molecular weight excluding hydrogens is 432 g/mol. The molecule has 0 unspecified atom stereocenters. The summed E-state index contributed by atoms with van der Waals surface area (Å²) < 4.78 is 59.0. The number of benzene rings is 3. The third-order valence-electron chi connectivity index (χ3n) is 4.60. The highest BCUT2D eigenvalue weighted by molar-refractivity contribution is 7.91. The predicted octanol–water partition coefficient (Wildman–Crippen LogP) is 5.67. The number of rotatable bonds is 4. The van der Waals surface area contributed by atoms with E-state index in [0.717, 1.165) is 18.2 Å². The van der Waals surface area contributed by atoms with Gasteiger partial charge in [-0.05, 0) is 65.7 Å². The molecule has 30 heavy (non-hydrogen) atoms. The molecule has 3 aromatic carbocycles. The summed E-state index contributed by atoms with van der Waals surface area (Å²) in [5, 5.41) is -0.131. The van der Waals surface area contributed by atoms with Gasteiger partial charge in [0.15, 0.2) is 5.03 Å². The summed E-state index contributed by atoms with van der Waals surface area (Å²) in [4.78, 5) is 4.03. The maximum absolute atomic E-state index is 13.9.